The van der Waals surface area contributed by atoms with Gasteiger partial charge in [-0.05, 0) is 23.3 Å². The van der Waals surface area contributed by atoms with Crippen LogP contribution in [0.1, 0.15) is 11.1 Å². The smallest absolute Gasteiger partial charge is 0.126 e. The molecule has 21 heavy (non-hydrogen) atoms. The van der Waals surface area contributed by atoms with Gasteiger partial charge in [0, 0.05) is 32.4 Å². The van der Waals surface area contributed by atoms with Gasteiger partial charge in [-0.1, -0.05) is 30.3 Å². The maximum absolute atomic E-state index is 5.39. The zero-order chi connectivity index (χ0) is 14.3. The third-order valence-electron chi connectivity index (χ3n) is 3.64. The minimum atomic E-state index is 0.800. The lowest BCUT2D eigenvalue weighted by atomic mass is 10.1. The predicted octanol–water partition coefficient (Wildman–Crippen LogP) is 2.53. The summed E-state index contributed by atoms with van der Waals surface area (Å²) in [6.45, 7) is 5.55. The largest absolute Gasteiger partial charge is 0.379 e. The second-order valence-corrected chi connectivity index (χ2v) is 5.28. The Labute approximate surface area is 125 Å². The molecule has 4 heteroatoms. The summed E-state index contributed by atoms with van der Waals surface area (Å²) in [5, 5.41) is 3.35. The highest BCUT2D eigenvalue weighted by molar-refractivity contribution is 5.35. The zero-order valence-corrected chi connectivity index (χ0v) is 12.2. The molecule has 0 unspecified atom stereocenters. The molecular weight excluding hydrogens is 262 g/mol. The van der Waals surface area contributed by atoms with Gasteiger partial charge in [-0.15, -0.1) is 0 Å². The highest BCUT2D eigenvalue weighted by Crippen LogP contribution is 2.11. The highest BCUT2D eigenvalue weighted by atomic mass is 16.5. The van der Waals surface area contributed by atoms with Gasteiger partial charge in [-0.3, -0.25) is 4.90 Å². The standard InChI is InChI=1S/C17H21N3O/c1-2-7-18-17(6-1)19-13-15-4-3-5-16(12-15)14-20-8-10-21-11-9-20/h1-7,12H,8-11,13-14H2,(H,18,19). The van der Waals surface area contributed by atoms with Crippen molar-refractivity contribution in [3.8, 4) is 0 Å². The van der Waals surface area contributed by atoms with Crippen LogP contribution in [0.2, 0.25) is 0 Å². The lowest BCUT2D eigenvalue weighted by Crippen LogP contribution is -2.35. The molecule has 2 aromatic rings. The molecule has 3 rings (SSSR count). The van der Waals surface area contributed by atoms with Crippen LogP contribution in [-0.4, -0.2) is 36.2 Å². The van der Waals surface area contributed by atoms with Crippen molar-refractivity contribution in [1.29, 1.82) is 0 Å². The average Bonchev–Trinajstić information content (AvgIpc) is 2.55. The van der Waals surface area contributed by atoms with Crippen LogP contribution >= 0.6 is 0 Å². The number of benzene rings is 1. The molecule has 1 aromatic carbocycles. The first-order valence-corrected chi connectivity index (χ1v) is 7.43. The van der Waals surface area contributed by atoms with Crippen molar-refractivity contribution in [3.05, 3.63) is 59.8 Å². The molecule has 110 valence electrons. The van der Waals surface area contributed by atoms with Gasteiger partial charge in [0.2, 0.25) is 0 Å². The Balaban J connectivity index is 1.57. The van der Waals surface area contributed by atoms with Gasteiger partial charge in [0.1, 0.15) is 5.82 Å². The fraction of sp³-hybridized carbons (Fsp3) is 0.353. The molecule has 1 fully saturated rings. The number of rotatable bonds is 5. The maximum Gasteiger partial charge on any atom is 0.126 e. The molecule has 0 radical (unpaired) electrons. The Hall–Kier alpha value is -1.91. The Morgan fingerprint density at radius 1 is 1.05 bits per heavy atom. The van der Waals surface area contributed by atoms with Gasteiger partial charge in [0.15, 0.2) is 0 Å². The molecule has 0 bridgehead atoms. The SMILES string of the molecule is c1ccc(NCc2cccc(CN3CCOCC3)c2)nc1. The molecule has 0 aliphatic carbocycles. The number of hydrogen-bond donors (Lipinski definition) is 1. The second kappa shape index (κ2) is 7.20. The van der Waals surface area contributed by atoms with Crippen molar-refractivity contribution < 1.29 is 4.74 Å². The van der Waals surface area contributed by atoms with Gasteiger partial charge < -0.3 is 10.1 Å². The average molecular weight is 283 g/mol. The summed E-state index contributed by atoms with van der Waals surface area (Å²) in [6.07, 6.45) is 1.80. The summed E-state index contributed by atoms with van der Waals surface area (Å²) in [7, 11) is 0. The quantitative estimate of drug-likeness (QED) is 0.915. The monoisotopic (exact) mass is 283 g/mol. The molecule has 1 N–H and O–H groups in total. The van der Waals surface area contributed by atoms with Crippen LogP contribution in [0.4, 0.5) is 5.82 Å². The van der Waals surface area contributed by atoms with Gasteiger partial charge in [-0.2, -0.15) is 0 Å². The normalized spacial score (nSPS) is 15.8. The lowest BCUT2D eigenvalue weighted by molar-refractivity contribution is 0.0342. The minimum absolute atomic E-state index is 0.800. The van der Waals surface area contributed by atoms with Crippen LogP contribution in [0.25, 0.3) is 0 Å². The molecule has 2 heterocycles. The number of aromatic nitrogens is 1. The number of nitrogens with one attached hydrogen (secondary N) is 1. The van der Waals surface area contributed by atoms with E-state index in [0.717, 1.165) is 45.2 Å². The fourth-order valence-corrected chi connectivity index (χ4v) is 2.52. The number of anilines is 1. The van der Waals surface area contributed by atoms with Crippen LogP contribution in [-0.2, 0) is 17.8 Å². The highest BCUT2D eigenvalue weighted by Gasteiger charge is 2.10. The number of pyridine rings is 1. The third-order valence-corrected chi connectivity index (χ3v) is 3.64. The topological polar surface area (TPSA) is 37.4 Å². The first-order valence-electron chi connectivity index (χ1n) is 7.43. The van der Waals surface area contributed by atoms with Gasteiger partial charge >= 0.3 is 0 Å². The molecule has 0 spiro atoms. The summed E-state index contributed by atoms with van der Waals surface area (Å²) in [4.78, 5) is 6.72. The molecular formula is C17H21N3O. The second-order valence-electron chi connectivity index (χ2n) is 5.28. The van der Waals surface area contributed by atoms with E-state index in [1.54, 1.807) is 6.20 Å². The van der Waals surface area contributed by atoms with E-state index in [-0.39, 0.29) is 0 Å². The summed E-state index contributed by atoms with van der Waals surface area (Å²) in [5.74, 6) is 0.913. The van der Waals surface area contributed by atoms with Gasteiger partial charge in [0.05, 0.1) is 13.2 Å². The van der Waals surface area contributed by atoms with E-state index in [1.807, 2.05) is 18.2 Å². The first kappa shape index (κ1) is 14.0. The van der Waals surface area contributed by atoms with Crippen molar-refractivity contribution in [2.45, 2.75) is 13.1 Å². The summed E-state index contributed by atoms with van der Waals surface area (Å²) >= 11 is 0. The number of morpholine rings is 1. The third kappa shape index (κ3) is 4.28. The summed E-state index contributed by atoms with van der Waals surface area (Å²) < 4.78 is 5.39. The van der Waals surface area contributed by atoms with Crippen molar-refractivity contribution in [3.63, 3.8) is 0 Å². The Morgan fingerprint density at radius 3 is 2.71 bits per heavy atom. The predicted molar refractivity (Wildman–Crippen MR) is 84.1 cm³/mol. The summed E-state index contributed by atoms with van der Waals surface area (Å²) in [5.41, 5.74) is 2.64. The van der Waals surface area contributed by atoms with Crippen LogP contribution in [0.15, 0.2) is 48.7 Å². The van der Waals surface area contributed by atoms with Gasteiger partial charge in [-0.25, -0.2) is 4.98 Å². The van der Waals surface area contributed by atoms with E-state index in [9.17, 15) is 0 Å². The van der Waals surface area contributed by atoms with Crippen molar-refractivity contribution in [2.75, 3.05) is 31.6 Å². The van der Waals surface area contributed by atoms with Crippen LogP contribution in [0.3, 0.4) is 0 Å². The lowest BCUT2D eigenvalue weighted by Gasteiger charge is -2.26. The van der Waals surface area contributed by atoms with Crippen LogP contribution in [0.5, 0.6) is 0 Å². The van der Waals surface area contributed by atoms with Crippen molar-refractivity contribution in [1.82, 2.24) is 9.88 Å². The van der Waals surface area contributed by atoms with Crippen molar-refractivity contribution in [2.24, 2.45) is 0 Å². The van der Waals surface area contributed by atoms with Gasteiger partial charge in [0.25, 0.3) is 0 Å². The van der Waals surface area contributed by atoms with Crippen LogP contribution < -0.4 is 5.32 Å². The van der Waals surface area contributed by atoms with E-state index in [1.165, 1.54) is 11.1 Å². The van der Waals surface area contributed by atoms with Crippen LogP contribution in [0, 0.1) is 0 Å². The Morgan fingerprint density at radius 2 is 1.90 bits per heavy atom. The molecule has 1 aliphatic heterocycles. The van der Waals surface area contributed by atoms with E-state index in [0.29, 0.717) is 0 Å². The minimum Gasteiger partial charge on any atom is -0.379 e. The molecule has 1 aliphatic rings. The van der Waals surface area contributed by atoms with Crippen molar-refractivity contribution >= 4 is 5.82 Å². The molecule has 4 nitrogen and oxygen atoms in total. The number of nitrogens with zero attached hydrogens (tertiary/aromatic N) is 2. The fourth-order valence-electron chi connectivity index (χ4n) is 2.52. The van der Waals surface area contributed by atoms with E-state index >= 15 is 0 Å². The molecule has 0 atom stereocenters. The zero-order valence-electron chi connectivity index (χ0n) is 12.2. The Kier molecular flexibility index (Phi) is 4.82. The summed E-state index contributed by atoms with van der Waals surface area (Å²) in [6, 6.07) is 14.6. The maximum atomic E-state index is 5.39. The number of hydrogen-bond acceptors (Lipinski definition) is 4. The molecule has 1 aromatic heterocycles. The number of ether oxygens (including phenoxy) is 1. The van der Waals surface area contributed by atoms with E-state index < -0.39 is 0 Å². The first-order chi connectivity index (χ1) is 10.4. The Bertz CT molecular complexity index is 553. The molecule has 1 saturated heterocycles. The van der Waals surface area contributed by atoms with E-state index in [4.69, 9.17) is 4.74 Å². The molecule has 0 amide bonds. The van der Waals surface area contributed by atoms with E-state index in [2.05, 4.69) is 39.5 Å². The molecule has 0 saturated carbocycles.